The van der Waals surface area contributed by atoms with E-state index in [-0.39, 0.29) is 18.3 Å². The van der Waals surface area contributed by atoms with E-state index >= 15 is 0 Å². The van der Waals surface area contributed by atoms with E-state index < -0.39 is 0 Å². The predicted octanol–water partition coefficient (Wildman–Crippen LogP) is 2.85. The van der Waals surface area contributed by atoms with Crippen LogP contribution in [0.25, 0.3) is 0 Å². The molecular weight excluding hydrogens is 295 g/mol. The topological polar surface area (TPSA) is 32.3 Å². The normalized spacial score (nSPS) is 19.3. The molecule has 1 aromatic carbocycles. The highest BCUT2D eigenvalue weighted by molar-refractivity contribution is 6.43. The lowest BCUT2D eigenvalue weighted by Gasteiger charge is -2.32. The molecule has 0 spiro atoms. The molecule has 100 valence electrons. The summed E-state index contributed by atoms with van der Waals surface area (Å²) in [7, 11) is 0. The lowest BCUT2D eigenvalue weighted by atomic mass is 10.1. The molecule has 0 saturated carbocycles. The molecule has 0 aliphatic carbocycles. The molecule has 1 N–H and O–H groups in total. The summed E-state index contributed by atoms with van der Waals surface area (Å²) in [6.07, 6.45) is 0. The minimum absolute atomic E-state index is 0. The second-order valence-electron chi connectivity index (χ2n) is 4.21. The smallest absolute Gasteiger partial charge is 0.255 e. The van der Waals surface area contributed by atoms with Gasteiger partial charge in [0.2, 0.25) is 0 Å². The van der Waals surface area contributed by atoms with E-state index in [4.69, 9.17) is 23.2 Å². The molecule has 1 amide bonds. The standard InChI is InChI=1S/C12H14Cl2N2O.ClH/c1-8-7-16(6-5-15-8)12(17)9-3-2-4-10(13)11(9)14;/h2-4,8,15H,5-7H2,1H3;1H/t8-;/m1./s1. The fourth-order valence-corrected chi connectivity index (χ4v) is 2.34. The Hall–Kier alpha value is -0.480. The Kier molecular flexibility index (Phi) is 5.73. The largest absolute Gasteiger partial charge is 0.336 e. The Labute approximate surface area is 123 Å². The lowest BCUT2D eigenvalue weighted by molar-refractivity contribution is 0.0709. The Morgan fingerprint density at radius 3 is 2.83 bits per heavy atom. The van der Waals surface area contributed by atoms with Crippen molar-refractivity contribution in [2.75, 3.05) is 19.6 Å². The second kappa shape index (κ2) is 6.62. The van der Waals surface area contributed by atoms with Gasteiger partial charge in [-0.05, 0) is 19.1 Å². The van der Waals surface area contributed by atoms with Gasteiger partial charge >= 0.3 is 0 Å². The van der Waals surface area contributed by atoms with Crippen LogP contribution in [-0.2, 0) is 0 Å². The van der Waals surface area contributed by atoms with Crippen LogP contribution in [-0.4, -0.2) is 36.5 Å². The maximum absolute atomic E-state index is 12.3. The van der Waals surface area contributed by atoms with Gasteiger partial charge in [-0.25, -0.2) is 0 Å². The van der Waals surface area contributed by atoms with Crippen molar-refractivity contribution in [3.63, 3.8) is 0 Å². The van der Waals surface area contributed by atoms with Crippen molar-refractivity contribution in [3.05, 3.63) is 33.8 Å². The molecule has 2 rings (SSSR count). The van der Waals surface area contributed by atoms with E-state index in [0.717, 1.165) is 6.54 Å². The average molecular weight is 310 g/mol. The van der Waals surface area contributed by atoms with E-state index in [1.54, 1.807) is 23.1 Å². The summed E-state index contributed by atoms with van der Waals surface area (Å²) in [5.74, 6) is -0.0501. The fraction of sp³-hybridized carbons (Fsp3) is 0.417. The molecule has 1 heterocycles. The number of piperazine rings is 1. The highest BCUT2D eigenvalue weighted by Gasteiger charge is 2.23. The van der Waals surface area contributed by atoms with Gasteiger partial charge in [0.25, 0.3) is 5.91 Å². The number of nitrogens with one attached hydrogen (secondary N) is 1. The van der Waals surface area contributed by atoms with Gasteiger partial charge < -0.3 is 10.2 Å². The first-order chi connectivity index (χ1) is 8.09. The zero-order valence-electron chi connectivity index (χ0n) is 9.95. The van der Waals surface area contributed by atoms with E-state index in [1.165, 1.54) is 0 Å². The van der Waals surface area contributed by atoms with Gasteiger partial charge in [-0.2, -0.15) is 0 Å². The van der Waals surface area contributed by atoms with Crippen LogP contribution in [0.3, 0.4) is 0 Å². The van der Waals surface area contributed by atoms with E-state index in [1.807, 2.05) is 0 Å². The number of benzene rings is 1. The van der Waals surface area contributed by atoms with Crippen molar-refractivity contribution < 1.29 is 4.79 Å². The predicted molar refractivity (Wildman–Crippen MR) is 77.1 cm³/mol. The third-order valence-corrected chi connectivity index (χ3v) is 3.66. The third-order valence-electron chi connectivity index (χ3n) is 2.84. The van der Waals surface area contributed by atoms with Gasteiger partial charge in [-0.1, -0.05) is 29.3 Å². The van der Waals surface area contributed by atoms with Crippen molar-refractivity contribution in [1.29, 1.82) is 0 Å². The number of hydrogen-bond acceptors (Lipinski definition) is 2. The summed E-state index contributed by atoms with van der Waals surface area (Å²) < 4.78 is 0. The van der Waals surface area contributed by atoms with Crippen LogP contribution in [0.5, 0.6) is 0 Å². The molecule has 0 unspecified atom stereocenters. The van der Waals surface area contributed by atoms with Gasteiger partial charge in [0.15, 0.2) is 0 Å². The minimum Gasteiger partial charge on any atom is -0.336 e. The summed E-state index contributed by atoms with van der Waals surface area (Å²) >= 11 is 12.0. The van der Waals surface area contributed by atoms with Crippen LogP contribution in [0.15, 0.2) is 18.2 Å². The highest BCUT2D eigenvalue weighted by atomic mass is 35.5. The maximum Gasteiger partial charge on any atom is 0.255 e. The van der Waals surface area contributed by atoms with Crippen LogP contribution in [0.1, 0.15) is 17.3 Å². The first kappa shape index (κ1) is 15.6. The summed E-state index contributed by atoms with van der Waals surface area (Å²) in [4.78, 5) is 14.1. The third kappa shape index (κ3) is 3.29. The van der Waals surface area contributed by atoms with Crippen molar-refractivity contribution in [1.82, 2.24) is 10.2 Å². The Morgan fingerprint density at radius 2 is 2.17 bits per heavy atom. The van der Waals surface area contributed by atoms with E-state index in [2.05, 4.69) is 12.2 Å². The first-order valence-corrected chi connectivity index (χ1v) is 6.32. The zero-order valence-corrected chi connectivity index (χ0v) is 12.3. The van der Waals surface area contributed by atoms with Crippen molar-refractivity contribution >= 4 is 41.5 Å². The molecule has 1 aliphatic heterocycles. The number of halogens is 3. The van der Waals surface area contributed by atoms with E-state index in [9.17, 15) is 4.79 Å². The van der Waals surface area contributed by atoms with Crippen LogP contribution in [0.2, 0.25) is 10.0 Å². The molecule has 0 aromatic heterocycles. The van der Waals surface area contributed by atoms with Crippen LogP contribution >= 0.6 is 35.6 Å². The van der Waals surface area contributed by atoms with Gasteiger partial charge in [0, 0.05) is 25.7 Å². The van der Waals surface area contributed by atoms with Gasteiger partial charge in [0.1, 0.15) is 0 Å². The number of nitrogens with zero attached hydrogens (tertiary/aromatic N) is 1. The highest BCUT2D eigenvalue weighted by Crippen LogP contribution is 2.26. The summed E-state index contributed by atoms with van der Waals surface area (Å²) in [5, 5.41) is 4.05. The minimum atomic E-state index is -0.0501. The van der Waals surface area contributed by atoms with Crippen molar-refractivity contribution in [2.24, 2.45) is 0 Å². The molecular formula is C12H15Cl3N2O. The van der Waals surface area contributed by atoms with Gasteiger partial charge in [-0.15, -0.1) is 12.4 Å². The molecule has 1 saturated heterocycles. The van der Waals surface area contributed by atoms with Crippen molar-refractivity contribution in [3.8, 4) is 0 Å². The van der Waals surface area contributed by atoms with E-state index in [0.29, 0.717) is 34.7 Å². The number of hydrogen-bond donors (Lipinski definition) is 1. The Morgan fingerprint density at radius 1 is 1.44 bits per heavy atom. The lowest BCUT2D eigenvalue weighted by Crippen LogP contribution is -2.51. The molecule has 0 radical (unpaired) electrons. The molecule has 3 nitrogen and oxygen atoms in total. The molecule has 1 aromatic rings. The molecule has 1 fully saturated rings. The number of amides is 1. The Bertz CT molecular complexity index is 439. The number of rotatable bonds is 1. The summed E-state index contributed by atoms with van der Waals surface area (Å²) in [6.45, 7) is 4.26. The summed E-state index contributed by atoms with van der Waals surface area (Å²) in [6, 6.07) is 5.45. The first-order valence-electron chi connectivity index (χ1n) is 5.56. The van der Waals surface area contributed by atoms with Gasteiger partial charge in [-0.3, -0.25) is 4.79 Å². The Balaban J connectivity index is 0.00000162. The number of carbonyl (C=O) groups is 1. The van der Waals surface area contributed by atoms with Crippen molar-refractivity contribution in [2.45, 2.75) is 13.0 Å². The zero-order chi connectivity index (χ0) is 12.4. The SMILES string of the molecule is C[C@@H]1CN(C(=O)c2cccc(Cl)c2Cl)CCN1.Cl. The second-order valence-corrected chi connectivity index (χ2v) is 4.99. The monoisotopic (exact) mass is 308 g/mol. The molecule has 0 bridgehead atoms. The van der Waals surface area contributed by atoms with Crippen LogP contribution in [0, 0.1) is 0 Å². The quantitative estimate of drug-likeness (QED) is 0.865. The molecule has 6 heteroatoms. The van der Waals surface area contributed by atoms with Crippen LogP contribution < -0.4 is 5.32 Å². The fourth-order valence-electron chi connectivity index (χ4n) is 1.96. The number of carbonyl (C=O) groups excluding carboxylic acids is 1. The summed E-state index contributed by atoms with van der Waals surface area (Å²) in [5.41, 5.74) is 0.480. The molecule has 1 atom stereocenters. The molecule has 18 heavy (non-hydrogen) atoms. The maximum atomic E-state index is 12.3. The van der Waals surface area contributed by atoms with Gasteiger partial charge in [0.05, 0.1) is 15.6 Å². The average Bonchev–Trinajstić information content (AvgIpc) is 2.32. The molecule has 1 aliphatic rings. The van der Waals surface area contributed by atoms with Crippen LogP contribution in [0.4, 0.5) is 0 Å².